The summed E-state index contributed by atoms with van der Waals surface area (Å²) in [6.45, 7) is 4.84. The summed E-state index contributed by atoms with van der Waals surface area (Å²) < 4.78 is 10.6. The van der Waals surface area contributed by atoms with Crippen LogP contribution in [0, 0.1) is 5.92 Å². The molecule has 1 N–H and O–H groups in total. The highest BCUT2D eigenvalue weighted by atomic mass is 16.5. The Balaban J connectivity index is 2.50. The van der Waals surface area contributed by atoms with Gasteiger partial charge in [-0.3, -0.25) is 0 Å². The molecule has 3 nitrogen and oxygen atoms in total. The summed E-state index contributed by atoms with van der Waals surface area (Å²) in [4.78, 5) is 0. The maximum Gasteiger partial charge on any atom is 0.119 e. The van der Waals surface area contributed by atoms with Crippen molar-refractivity contribution in [2.75, 3.05) is 13.7 Å². The van der Waals surface area contributed by atoms with E-state index in [0.29, 0.717) is 13.2 Å². The number of hydrogen-bond acceptors (Lipinski definition) is 3. The molecule has 0 saturated carbocycles. The van der Waals surface area contributed by atoms with Crippen LogP contribution in [0.2, 0.25) is 0 Å². The van der Waals surface area contributed by atoms with E-state index in [0.717, 1.165) is 11.3 Å². The Morgan fingerprint density at radius 3 is 2.69 bits per heavy atom. The van der Waals surface area contributed by atoms with Crippen LogP contribution in [0.3, 0.4) is 0 Å². The van der Waals surface area contributed by atoms with Crippen LogP contribution in [0.25, 0.3) is 0 Å². The second-order valence-corrected chi connectivity index (χ2v) is 4.20. The molecule has 0 spiro atoms. The molecule has 16 heavy (non-hydrogen) atoms. The van der Waals surface area contributed by atoms with Gasteiger partial charge < -0.3 is 14.6 Å². The zero-order valence-electron chi connectivity index (χ0n) is 10.1. The molecule has 1 atom stereocenters. The van der Waals surface area contributed by atoms with E-state index in [1.165, 1.54) is 0 Å². The van der Waals surface area contributed by atoms with Gasteiger partial charge in [-0.2, -0.15) is 0 Å². The van der Waals surface area contributed by atoms with Crippen molar-refractivity contribution in [1.29, 1.82) is 0 Å². The molecule has 0 aliphatic rings. The summed E-state index contributed by atoms with van der Waals surface area (Å²) in [7, 11) is 1.66. The standard InChI is InChI=1S/C13H20O3/c1-10(2)13(14)9-16-12-6-4-5-11(7-12)8-15-3/h4-7,10,13-14H,8-9H2,1-3H3. The van der Waals surface area contributed by atoms with Crippen molar-refractivity contribution in [3.63, 3.8) is 0 Å². The SMILES string of the molecule is COCc1cccc(OCC(O)C(C)C)c1. The fraction of sp³-hybridized carbons (Fsp3) is 0.538. The van der Waals surface area contributed by atoms with Crippen molar-refractivity contribution in [1.82, 2.24) is 0 Å². The Hall–Kier alpha value is -1.06. The van der Waals surface area contributed by atoms with Crippen LogP contribution < -0.4 is 4.74 Å². The smallest absolute Gasteiger partial charge is 0.119 e. The van der Waals surface area contributed by atoms with E-state index < -0.39 is 6.10 Å². The topological polar surface area (TPSA) is 38.7 Å². The number of aliphatic hydroxyl groups excluding tert-OH is 1. The molecule has 0 amide bonds. The van der Waals surface area contributed by atoms with Gasteiger partial charge in [-0.1, -0.05) is 26.0 Å². The van der Waals surface area contributed by atoms with Crippen molar-refractivity contribution >= 4 is 0 Å². The minimum atomic E-state index is -0.425. The molecule has 0 aliphatic carbocycles. The summed E-state index contributed by atoms with van der Waals surface area (Å²) in [6, 6.07) is 7.71. The molecule has 1 rings (SSSR count). The van der Waals surface area contributed by atoms with Gasteiger partial charge >= 0.3 is 0 Å². The first-order chi connectivity index (χ1) is 7.63. The lowest BCUT2D eigenvalue weighted by atomic mass is 10.1. The summed E-state index contributed by atoms with van der Waals surface area (Å²) in [5.41, 5.74) is 1.07. The monoisotopic (exact) mass is 224 g/mol. The predicted molar refractivity (Wildman–Crippen MR) is 63.5 cm³/mol. The quantitative estimate of drug-likeness (QED) is 0.805. The Morgan fingerprint density at radius 1 is 1.31 bits per heavy atom. The molecule has 0 bridgehead atoms. The zero-order valence-corrected chi connectivity index (χ0v) is 10.1. The minimum absolute atomic E-state index is 0.210. The Bertz CT molecular complexity index is 310. The number of hydrogen-bond donors (Lipinski definition) is 1. The highest BCUT2D eigenvalue weighted by Crippen LogP contribution is 2.15. The van der Waals surface area contributed by atoms with E-state index in [2.05, 4.69) is 0 Å². The van der Waals surface area contributed by atoms with Gasteiger partial charge in [-0.25, -0.2) is 0 Å². The molecule has 0 fully saturated rings. The van der Waals surface area contributed by atoms with Crippen LogP contribution in [0.15, 0.2) is 24.3 Å². The lowest BCUT2D eigenvalue weighted by molar-refractivity contribution is 0.0700. The molecule has 0 saturated heterocycles. The van der Waals surface area contributed by atoms with Crippen LogP contribution in [0.4, 0.5) is 0 Å². The lowest BCUT2D eigenvalue weighted by Crippen LogP contribution is -2.23. The van der Waals surface area contributed by atoms with E-state index in [4.69, 9.17) is 9.47 Å². The molecule has 90 valence electrons. The maximum absolute atomic E-state index is 9.61. The second-order valence-electron chi connectivity index (χ2n) is 4.20. The molecule has 3 heteroatoms. The van der Waals surface area contributed by atoms with E-state index in [9.17, 15) is 5.11 Å². The number of aliphatic hydroxyl groups is 1. The third-order valence-corrected chi connectivity index (χ3v) is 2.40. The minimum Gasteiger partial charge on any atom is -0.491 e. The largest absolute Gasteiger partial charge is 0.491 e. The van der Waals surface area contributed by atoms with Gasteiger partial charge in [0, 0.05) is 7.11 Å². The molecule has 0 heterocycles. The van der Waals surface area contributed by atoms with Gasteiger partial charge in [0.15, 0.2) is 0 Å². The van der Waals surface area contributed by atoms with Gasteiger partial charge in [0.25, 0.3) is 0 Å². The molecular formula is C13H20O3. The van der Waals surface area contributed by atoms with Crippen LogP contribution in [0.5, 0.6) is 5.75 Å². The molecule has 1 unspecified atom stereocenters. The first-order valence-electron chi connectivity index (χ1n) is 5.52. The van der Waals surface area contributed by atoms with E-state index >= 15 is 0 Å². The average Bonchev–Trinajstić information content (AvgIpc) is 2.26. The molecule has 0 radical (unpaired) electrons. The van der Waals surface area contributed by atoms with Crippen molar-refractivity contribution in [2.45, 2.75) is 26.6 Å². The van der Waals surface area contributed by atoms with Crippen LogP contribution in [0.1, 0.15) is 19.4 Å². The third kappa shape index (κ3) is 4.21. The molecule has 0 aliphatic heterocycles. The average molecular weight is 224 g/mol. The van der Waals surface area contributed by atoms with Gasteiger partial charge in [0.2, 0.25) is 0 Å². The van der Waals surface area contributed by atoms with E-state index in [1.807, 2.05) is 38.1 Å². The highest BCUT2D eigenvalue weighted by molar-refractivity contribution is 5.28. The van der Waals surface area contributed by atoms with Crippen molar-refractivity contribution in [3.8, 4) is 5.75 Å². The van der Waals surface area contributed by atoms with Crippen molar-refractivity contribution in [3.05, 3.63) is 29.8 Å². The van der Waals surface area contributed by atoms with E-state index in [1.54, 1.807) is 7.11 Å². The van der Waals surface area contributed by atoms with Gasteiger partial charge in [-0.05, 0) is 23.6 Å². The van der Waals surface area contributed by atoms with Crippen molar-refractivity contribution < 1.29 is 14.6 Å². The van der Waals surface area contributed by atoms with Crippen LogP contribution in [-0.4, -0.2) is 24.9 Å². The van der Waals surface area contributed by atoms with E-state index in [-0.39, 0.29) is 5.92 Å². The Morgan fingerprint density at radius 2 is 2.06 bits per heavy atom. The highest BCUT2D eigenvalue weighted by Gasteiger charge is 2.09. The summed E-state index contributed by atoms with van der Waals surface area (Å²) in [5, 5.41) is 9.61. The number of benzene rings is 1. The first kappa shape index (κ1) is 13.0. The maximum atomic E-state index is 9.61. The van der Waals surface area contributed by atoms with Crippen molar-refractivity contribution in [2.24, 2.45) is 5.92 Å². The first-order valence-corrected chi connectivity index (χ1v) is 5.52. The fourth-order valence-corrected chi connectivity index (χ4v) is 1.27. The fourth-order valence-electron chi connectivity index (χ4n) is 1.27. The zero-order chi connectivity index (χ0) is 12.0. The van der Waals surface area contributed by atoms with Gasteiger partial charge in [-0.15, -0.1) is 0 Å². The third-order valence-electron chi connectivity index (χ3n) is 2.40. The number of ether oxygens (including phenoxy) is 2. The molecule has 0 aromatic heterocycles. The second kappa shape index (κ2) is 6.51. The Kier molecular flexibility index (Phi) is 5.29. The summed E-state index contributed by atoms with van der Waals surface area (Å²) in [6.07, 6.45) is -0.425. The molecule has 1 aromatic carbocycles. The normalized spacial score (nSPS) is 12.8. The summed E-state index contributed by atoms with van der Waals surface area (Å²) >= 11 is 0. The molecular weight excluding hydrogens is 204 g/mol. The predicted octanol–water partition coefficient (Wildman–Crippen LogP) is 2.23. The van der Waals surface area contributed by atoms with Gasteiger partial charge in [0.05, 0.1) is 12.7 Å². The number of methoxy groups -OCH3 is 1. The number of rotatable bonds is 6. The van der Waals surface area contributed by atoms with Crippen LogP contribution in [-0.2, 0) is 11.3 Å². The Labute approximate surface area is 97.0 Å². The summed E-state index contributed by atoms with van der Waals surface area (Å²) in [5.74, 6) is 0.983. The van der Waals surface area contributed by atoms with Crippen LogP contribution >= 0.6 is 0 Å². The molecule has 1 aromatic rings. The lowest BCUT2D eigenvalue weighted by Gasteiger charge is -2.15. The van der Waals surface area contributed by atoms with Gasteiger partial charge in [0.1, 0.15) is 12.4 Å².